The van der Waals surface area contributed by atoms with Gasteiger partial charge in [0, 0.05) is 23.4 Å². The predicted molar refractivity (Wildman–Crippen MR) is 63.3 cm³/mol. The van der Waals surface area contributed by atoms with Gasteiger partial charge in [0.15, 0.2) is 0 Å². The molecule has 92 valence electrons. The minimum atomic E-state index is -1.31. The fraction of sp³-hybridized carbons (Fsp3) is 0.300. The summed E-state index contributed by atoms with van der Waals surface area (Å²) in [7, 11) is 0. The number of nitro benzene ring substituents is 1. The third-order valence-corrected chi connectivity index (χ3v) is 2.58. The Morgan fingerprint density at radius 2 is 2.06 bits per heavy atom. The molecular formula is C10H11NO5S. The van der Waals surface area contributed by atoms with Gasteiger partial charge in [0.05, 0.1) is 11.0 Å². The molecule has 0 aliphatic carbocycles. The molecule has 7 heteroatoms. The van der Waals surface area contributed by atoms with Crippen molar-refractivity contribution in [2.75, 3.05) is 5.75 Å². The van der Waals surface area contributed by atoms with Gasteiger partial charge in [-0.25, -0.2) is 0 Å². The van der Waals surface area contributed by atoms with Gasteiger partial charge in [-0.3, -0.25) is 14.9 Å². The molecule has 6 nitrogen and oxygen atoms in total. The molecule has 2 unspecified atom stereocenters. The fourth-order valence-electron chi connectivity index (χ4n) is 1.33. The molecule has 0 heterocycles. The average Bonchev–Trinajstić information content (AvgIpc) is 2.36. The van der Waals surface area contributed by atoms with Gasteiger partial charge in [-0.05, 0) is 11.6 Å². The molecule has 1 aromatic rings. The number of carbonyl (C=O) groups excluding carboxylic acids is 1. The summed E-state index contributed by atoms with van der Waals surface area (Å²) in [6, 6.07) is 3.50. The van der Waals surface area contributed by atoms with Crippen molar-refractivity contribution < 1.29 is 19.9 Å². The van der Waals surface area contributed by atoms with Gasteiger partial charge in [0.1, 0.15) is 12.4 Å². The summed E-state index contributed by atoms with van der Waals surface area (Å²) in [6.07, 6.45) is -2.03. The molecule has 2 atom stereocenters. The number of aliphatic hydroxyl groups is 2. The van der Waals surface area contributed by atoms with Crippen LogP contribution < -0.4 is 0 Å². The zero-order chi connectivity index (χ0) is 13.0. The first kappa shape index (κ1) is 13.6. The quantitative estimate of drug-likeness (QED) is 0.312. The van der Waals surface area contributed by atoms with E-state index in [1.807, 2.05) is 0 Å². The van der Waals surface area contributed by atoms with Gasteiger partial charge in [-0.1, -0.05) is 0 Å². The Labute approximate surface area is 102 Å². The first-order chi connectivity index (χ1) is 7.99. The van der Waals surface area contributed by atoms with E-state index in [1.165, 1.54) is 6.07 Å². The van der Waals surface area contributed by atoms with Gasteiger partial charge in [0.2, 0.25) is 0 Å². The number of non-ortho nitro benzene ring substituents is 1. The first-order valence-electron chi connectivity index (χ1n) is 4.71. The van der Waals surface area contributed by atoms with E-state index in [2.05, 4.69) is 12.6 Å². The van der Waals surface area contributed by atoms with Crippen LogP contribution in [0.2, 0.25) is 0 Å². The molecule has 0 radical (unpaired) electrons. The van der Waals surface area contributed by atoms with Crippen LogP contribution >= 0.6 is 12.6 Å². The Hall–Kier alpha value is -1.44. The molecule has 0 saturated carbocycles. The fourth-order valence-corrected chi connectivity index (χ4v) is 1.52. The van der Waals surface area contributed by atoms with E-state index in [0.29, 0.717) is 6.29 Å². The van der Waals surface area contributed by atoms with Crippen molar-refractivity contribution in [2.45, 2.75) is 12.2 Å². The molecule has 0 aromatic heterocycles. The Balaban J connectivity index is 3.19. The van der Waals surface area contributed by atoms with Crippen LogP contribution in [0.5, 0.6) is 0 Å². The number of thiol groups is 1. The second-order valence-electron chi connectivity index (χ2n) is 3.43. The summed E-state index contributed by atoms with van der Waals surface area (Å²) in [5.41, 5.74) is -0.127. The highest BCUT2D eigenvalue weighted by Crippen LogP contribution is 2.24. The van der Waals surface area contributed by atoms with Crippen molar-refractivity contribution in [1.29, 1.82) is 0 Å². The minimum Gasteiger partial charge on any atom is -0.389 e. The normalized spacial score (nSPS) is 14.1. The molecule has 0 aliphatic rings. The lowest BCUT2D eigenvalue weighted by Gasteiger charge is -2.16. The standard InChI is InChI=1S/C10H11NO5S/c12-4-6-1-7(10(14)9(13)5-17)3-8(2-6)11(15)16/h1-4,9-10,13-14,17H,5H2. The molecule has 0 bridgehead atoms. The predicted octanol–water partition coefficient (Wildman–Crippen LogP) is 0.731. The summed E-state index contributed by atoms with van der Waals surface area (Å²) in [5.74, 6) is 0.000279. The van der Waals surface area contributed by atoms with Crippen molar-refractivity contribution in [3.05, 3.63) is 39.4 Å². The Morgan fingerprint density at radius 1 is 1.41 bits per heavy atom. The number of carbonyl (C=O) groups is 1. The van der Waals surface area contributed by atoms with Crippen LogP contribution in [-0.2, 0) is 0 Å². The third-order valence-electron chi connectivity index (χ3n) is 2.20. The number of aliphatic hydroxyl groups excluding tert-OH is 2. The molecule has 0 spiro atoms. The van der Waals surface area contributed by atoms with E-state index >= 15 is 0 Å². The van der Waals surface area contributed by atoms with Crippen molar-refractivity contribution in [1.82, 2.24) is 0 Å². The summed E-state index contributed by atoms with van der Waals surface area (Å²) in [5, 5.41) is 29.7. The Morgan fingerprint density at radius 3 is 2.53 bits per heavy atom. The second-order valence-corrected chi connectivity index (χ2v) is 3.79. The Bertz CT molecular complexity index is 437. The number of hydrogen-bond donors (Lipinski definition) is 3. The van der Waals surface area contributed by atoms with Crippen LogP contribution in [0.3, 0.4) is 0 Å². The summed E-state index contributed by atoms with van der Waals surface area (Å²) in [6.45, 7) is 0. The molecule has 1 rings (SSSR count). The lowest BCUT2D eigenvalue weighted by atomic mass is 10.0. The highest BCUT2D eigenvalue weighted by atomic mass is 32.1. The topological polar surface area (TPSA) is 101 Å². The van der Waals surface area contributed by atoms with Crippen LogP contribution in [-0.4, -0.2) is 33.3 Å². The maximum atomic E-state index is 10.6. The van der Waals surface area contributed by atoms with Crippen molar-refractivity contribution >= 4 is 24.6 Å². The van der Waals surface area contributed by atoms with Gasteiger partial charge in [-0.15, -0.1) is 0 Å². The molecule has 0 aliphatic heterocycles. The Kier molecular flexibility index (Phi) is 4.62. The number of nitrogens with zero attached hydrogens (tertiary/aromatic N) is 1. The summed E-state index contributed by atoms with van der Waals surface area (Å²) >= 11 is 3.81. The number of aldehydes is 1. The SMILES string of the molecule is O=Cc1cc(C(O)C(O)CS)cc([N+](=O)[O-])c1. The van der Waals surface area contributed by atoms with Crippen LogP contribution in [0.1, 0.15) is 22.0 Å². The van der Waals surface area contributed by atoms with Crippen LogP contribution in [0.15, 0.2) is 18.2 Å². The molecule has 17 heavy (non-hydrogen) atoms. The van der Waals surface area contributed by atoms with Crippen LogP contribution in [0.4, 0.5) is 5.69 Å². The van der Waals surface area contributed by atoms with Crippen LogP contribution in [0, 0.1) is 10.1 Å². The highest BCUT2D eigenvalue weighted by molar-refractivity contribution is 7.80. The first-order valence-corrected chi connectivity index (χ1v) is 5.34. The minimum absolute atomic E-state index is 0.000279. The van der Waals surface area contributed by atoms with E-state index < -0.39 is 17.1 Å². The molecule has 1 aromatic carbocycles. The molecular weight excluding hydrogens is 246 g/mol. The van der Waals surface area contributed by atoms with Crippen molar-refractivity contribution in [2.24, 2.45) is 0 Å². The molecule has 0 saturated heterocycles. The average molecular weight is 257 g/mol. The van der Waals surface area contributed by atoms with E-state index in [0.717, 1.165) is 12.1 Å². The highest BCUT2D eigenvalue weighted by Gasteiger charge is 2.20. The summed E-state index contributed by atoms with van der Waals surface area (Å²) < 4.78 is 0. The largest absolute Gasteiger partial charge is 0.389 e. The van der Waals surface area contributed by atoms with Gasteiger partial charge in [0.25, 0.3) is 5.69 Å². The van der Waals surface area contributed by atoms with E-state index in [9.17, 15) is 25.1 Å². The maximum absolute atomic E-state index is 10.6. The molecule has 0 fully saturated rings. The van der Waals surface area contributed by atoms with Crippen LogP contribution in [0.25, 0.3) is 0 Å². The lowest BCUT2D eigenvalue weighted by molar-refractivity contribution is -0.385. The van der Waals surface area contributed by atoms with Gasteiger partial charge in [-0.2, -0.15) is 12.6 Å². The van der Waals surface area contributed by atoms with E-state index in [4.69, 9.17) is 0 Å². The smallest absolute Gasteiger partial charge is 0.270 e. The monoisotopic (exact) mass is 257 g/mol. The summed E-state index contributed by atoms with van der Waals surface area (Å²) in [4.78, 5) is 20.6. The number of rotatable bonds is 5. The number of benzene rings is 1. The lowest BCUT2D eigenvalue weighted by Crippen LogP contribution is -2.20. The van der Waals surface area contributed by atoms with Gasteiger partial charge < -0.3 is 10.2 Å². The molecule has 0 amide bonds. The zero-order valence-corrected chi connectivity index (χ0v) is 9.58. The number of hydrogen-bond acceptors (Lipinski definition) is 6. The van der Waals surface area contributed by atoms with Crippen molar-refractivity contribution in [3.63, 3.8) is 0 Å². The van der Waals surface area contributed by atoms with Crippen molar-refractivity contribution in [3.8, 4) is 0 Å². The van der Waals surface area contributed by atoms with E-state index in [-0.39, 0.29) is 22.6 Å². The molecule has 2 N–H and O–H groups in total. The van der Waals surface area contributed by atoms with E-state index in [1.54, 1.807) is 0 Å². The third kappa shape index (κ3) is 3.26. The number of nitro groups is 1. The zero-order valence-electron chi connectivity index (χ0n) is 8.68. The maximum Gasteiger partial charge on any atom is 0.270 e. The van der Waals surface area contributed by atoms with Gasteiger partial charge >= 0.3 is 0 Å². The second kappa shape index (κ2) is 5.76.